The van der Waals surface area contributed by atoms with Crippen molar-refractivity contribution in [2.75, 3.05) is 0 Å². The van der Waals surface area contributed by atoms with E-state index in [-0.39, 0.29) is 29.8 Å². The van der Waals surface area contributed by atoms with E-state index in [1.54, 1.807) is 0 Å². The van der Waals surface area contributed by atoms with Crippen molar-refractivity contribution in [3.05, 3.63) is 35.9 Å². The largest absolute Gasteiger partial charge is 0.350 e. The predicted octanol–water partition coefficient (Wildman–Crippen LogP) is 1.14. The van der Waals surface area contributed by atoms with Gasteiger partial charge in [-0.25, -0.2) is 0 Å². The van der Waals surface area contributed by atoms with Gasteiger partial charge in [0, 0.05) is 12.3 Å². The Bertz CT molecular complexity index is 468. The van der Waals surface area contributed by atoms with Crippen LogP contribution in [-0.4, -0.2) is 17.9 Å². The molecule has 1 aliphatic carbocycles. The SMILES string of the molecule is O=C1C[C@H](NC(=O)C2CC2)[C@@H](c2ccccc2)N1. The van der Waals surface area contributed by atoms with E-state index < -0.39 is 0 Å². The van der Waals surface area contributed by atoms with E-state index >= 15 is 0 Å². The summed E-state index contributed by atoms with van der Waals surface area (Å²) in [5, 5.41) is 5.93. The molecule has 0 aromatic heterocycles. The minimum absolute atomic E-state index is 0.00458. The van der Waals surface area contributed by atoms with Gasteiger partial charge in [0.1, 0.15) is 0 Å². The van der Waals surface area contributed by atoms with Gasteiger partial charge >= 0.3 is 0 Å². The van der Waals surface area contributed by atoms with E-state index in [9.17, 15) is 9.59 Å². The number of hydrogen-bond donors (Lipinski definition) is 2. The average Bonchev–Trinajstić information content (AvgIpc) is 3.16. The van der Waals surface area contributed by atoms with Crippen LogP contribution in [0.1, 0.15) is 30.9 Å². The van der Waals surface area contributed by atoms with Crippen LogP contribution in [0.4, 0.5) is 0 Å². The van der Waals surface area contributed by atoms with Crippen LogP contribution in [-0.2, 0) is 9.59 Å². The normalized spacial score (nSPS) is 26.8. The lowest BCUT2D eigenvalue weighted by molar-refractivity contribution is -0.123. The number of rotatable bonds is 3. The van der Waals surface area contributed by atoms with Crippen LogP contribution in [0.2, 0.25) is 0 Å². The summed E-state index contributed by atoms with van der Waals surface area (Å²) in [6.45, 7) is 0. The summed E-state index contributed by atoms with van der Waals surface area (Å²) in [5.41, 5.74) is 1.05. The summed E-state index contributed by atoms with van der Waals surface area (Å²) < 4.78 is 0. The molecule has 0 unspecified atom stereocenters. The predicted molar refractivity (Wildman–Crippen MR) is 66.6 cm³/mol. The fourth-order valence-corrected chi connectivity index (χ4v) is 2.41. The van der Waals surface area contributed by atoms with E-state index in [2.05, 4.69) is 10.6 Å². The van der Waals surface area contributed by atoms with Crippen LogP contribution in [0.3, 0.4) is 0 Å². The third kappa shape index (κ3) is 2.23. The molecule has 4 nitrogen and oxygen atoms in total. The molecular formula is C14H16N2O2. The van der Waals surface area contributed by atoms with Crippen LogP contribution < -0.4 is 10.6 Å². The fourth-order valence-electron chi connectivity index (χ4n) is 2.41. The van der Waals surface area contributed by atoms with E-state index in [0.29, 0.717) is 6.42 Å². The van der Waals surface area contributed by atoms with Crippen LogP contribution in [0.15, 0.2) is 30.3 Å². The summed E-state index contributed by atoms with van der Waals surface area (Å²) in [7, 11) is 0. The maximum atomic E-state index is 11.8. The molecule has 4 heteroatoms. The lowest BCUT2D eigenvalue weighted by atomic mass is 10.0. The van der Waals surface area contributed by atoms with Crippen molar-refractivity contribution < 1.29 is 9.59 Å². The number of carbonyl (C=O) groups excluding carboxylic acids is 2. The van der Waals surface area contributed by atoms with E-state index in [1.165, 1.54) is 0 Å². The highest BCUT2D eigenvalue weighted by Gasteiger charge is 2.37. The maximum absolute atomic E-state index is 11.8. The second-order valence-corrected chi connectivity index (χ2v) is 5.05. The third-order valence-electron chi connectivity index (χ3n) is 3.56. The Morgan fingerprint density at radius 3 is 2.61 bits per heavy atom. The highest BCUT2D eigenvalue weighted by Crippen LogP contribution is 2.31. The second-order valence-electron chi connectivity index (χ2n) is 5.05. The van der Waals surface area contributed by atoms with Crippen LogP contribution in [0, 0.1) is 5.92 Å². The number of nitrogens with one attached hydrogen (secondary N) is 2. The van der Waals surface area contributed by atoms with Crippen molar-refractivity contribution in [2.45, 2.75) is 31.3 Å². The molecular weight excluding hydrogens is 228 g/mol. The molecule has 2 N–H and O–H groups in total. The molecule has 2 atom stereocenters. The van der Waals surface area contributed by atoms with Crippen molar-refractivity contribution in [3.63, 3.8) is 0 Å². The van der Waals surface area contributed by atoms with Gasteiger partial charge < -0.3 is 10.6 Å². The van der Waals surface area contributed by atoms with Crippen molar-refractivity contribution in [2.24, 2.45) is 5.92 Å². The van der Waals surface area contributed by atoms with Crippen molar-refractivity contribution in [1.82, 2.24) is 10.6 Å². The Labute approximate surface area is 106 Å². The first kappa shape index (κ1) is 11.3. The van der Waals surface area contributed by atoms with Crippen LogP contribution >= 0.6 is 0 Å². The molecule has 1 aromatic rings. The smallest absolute Gasteiger partial charge is 0.223 e. The Balaban J connectivity index is 1.74. The number of carbonyl (C=O) groups is 2. The maximum Gasteiger partial charge on any atom is 0.223 e. The molecule has 94 valence electrons. The van der Waals surface area contributed by atoms with Gasteiger partial charge in [-0.3, -0.25) is 9.59 Å². The Morgan fingerprint density at radius 1 is 1.22 bits per heavy atom. The van der Waals surface area contributed by atoms with Crippen molar-refractivity contribution in [1.29, 1.82) is 0 Å². The second kappa shape index (κ2) is 4.44. The number of benzene rings is 1. The molecule has 1 aliphatic heterocycles. The van der Waals surface area contributed by atoms with Gasteiger partial charge in [0.05, 0.1) is 12.1 Å². The molecule has 2 amide bonds. The first-order valence-corrected chi connectivity index (χ1v) is 6.39. The summed E-state index contributed by atoms with van der Waals surface area (Å²) >= 11 is 0. The number of hydrogen-bond acceptors (Lipinski definition) is 2. The molecule has 0 spiro atoms. The third-order valence-corrected chi connectivity index (χ3v) is 3.56. The van der Waals surface area contributed by atoms with Crippen LogP contribution in [0.25, 0.3) is 0 Å². The summed E-state index contributed by atoms with van der Waals surface area (Å²) in [5.74, 6) is 0.277. The lowest BCUT2D eigenvalue weighted by Gasteiger charge is -2.20. The molecule has 2 aliphatic rings. The summed E-state index contributed by atoms with van der Waals surface area (Å²) in [4.78, 5) is 23.3. The minimum Gasteiger partial charge on any atom is -0.350 e. The first-order chi connectivity index (χ1) is 8.74. The van der Waals surface area contributed by atoms with Gasteiger partial charge in [-0.15, -0.1) is 0 Å². The summed E-state index contributed by atoms with van der Waals surface area (Å²) in [6.07, 6.45) is 2.34. The highest BCUT2D eigenvalue weighted by molar-refractivity contribution is 5.84. The Morgan fingerprint density at radius 2 is 1.94 bits per heavy atom. The van der Waals surface area contributed by atoms with E-state index in [4.69, 9.17) is 0 Å². The van der Waals surface area contributed by atoms with Gasteiger partial charge in [0.2, 0.25) is 11.8 Å². The van der Waals surface area contributed by atoms with Gasteiger partial charge in [-0.2, -0.15) is 0 Å². The summed E-state index contributed by atoms with van der Waals surface area (Å²) in [6, 6.07) is 9.57. The molecule has 1 heterocycles. The molecule has 2 fully saturated rings. The van der Waals surface area contributed by atoms with Gasteiger partial charge in [0.25, 0.3) is 0 Å². The molecule has 1 saturated heterocycles. The zero-order valence-corrected chi connectivity index (χ0v) is 10.1. The molecule has 18 heavy (non-hydrogen) atoms. The van der Waals surface area contributed by atoms with Gasteiger partial charge in [-0.05, 0) is 18.4 Å². The molecule has 0 radical (unpaired) electrons. The Kier molecular flexibility index (Phi) is 2.78. The fraction of sp³-hybridized carbons (Fsp3) is 0.429. The first-order valence-electron chi connectivity index (χ1n) is 6.39. The lowest BCUT2D eigenvalue weighted by Crippen LogP contribution is -2.39. The molecule has 0 bridgehead atoms. The van der Waals surface area contributed by atoms with Gasteiger partial charge in [0.15, 0.2) is 0 Å². The average molecular weight is 244 g/mol. The van der Waals surface area contributed by atoms with E-state index in [1.807, 2.05) is 30.3 Å². The molecule has 1 aromatic carbocycles. The van der Waals surface area contributed by atoms with Crippen molar-refractivity contribution in [3.8, 4) is 0 Å². The standard InChI is InChI=1S/C14H16N2O2/c17-12-8-11(15-14(18)10-6-7-10)13(16-12)9-4-2-1-3-5-9/h1-5,10-11,13H,6-8H2,(H,15,18)(H,16,17)/t11-,13+/m0/s1. The van der Waals surface area contributed by atoms with Crippen LogP contribution in [0.5, 0.6) is 0 Å². The highest BCUT2D eigenvalue weighted by atomic mass is 16.2. The zero-order valence-electron chi connectivity index (χ0n) is 10.1. The molecule has 3 rings (SSSR count). The molecule has 1 saturated carbocycles. The Hall–Kier alpha value is -1.84. The topological polar surface area (TPSA) is 58.2 Å². The minimum atomic E-state index is -0.118. The van der Waals surface area contributed by atoms with Gasteiger partial charge in [-0.1, -0.05) is 30.3 Å². The monoisotopic (exact) mass is 244 g/mol. The zero-order chi connectivity index (χ0) is 12.5. The van der Waals surface area contributed by atoms with E-state index in [0.717, 1.165) is 18.4 Å². The van der Waals surface area contributed by atoms with Crippen molar-refractivity contribution >= 4 is 11.8 Å². The number of amides is 2. The quantitative estimate of drug-likeness (QED) is 0.837.